The van der Waals surface area contributed by atoms with Gasteiger partial charge < -0.3 is 9.72 Å². The van der Waals surface area contributed by atoms with E-state index in [1.54, 1.807) is 18.3 Å². The van der Waals surface area contributed by atoms with Gasteiger partial charge >= 0.3 is 0 Å². The summed E-state index contributed by atoms with van der Waals surface area (Å²) >= 11 is 0. The predicted molar refractivity (Wildman–Crippen MR) is 72.1 cm³/mol. The van der Waals surface area contributed by atoms with Gasteiger partial charge in [0.05, 0.1) is 11.9 Å². The van der Waals surface area contributed by atoms with Crippen LogP contribution in [-0.2, 0) is 4.79 Å². The third-order valence-electron chi connectivity index (χ3n) is 2.68. The molecular formula is C14H17N3O. The van der Waals surface area contributed by atoms with Gasteiger partial charge in [0.25, 0.3) is 0 Å². The summed E-state index contributed by atoms with van der Waals surface area (Å²) in [6.07, 6.45) is 9.10. The zero-order chi connectivity index (χ0) is 12.8. The Labute approximate surface area is 106 Å². The lowest BCUT2D eigenvalue weighted by atomic mass is 10.3. The average Bonchev–Trinajstić information content (AvgIpc) is 2.80. The largest absolute Gasteiger partial charge is 0.353 e. The molecule has 0 spiro atoms. The maximum absolute atomic E-state index is 11.5. The Morgan fingerprint density at radius 3 is 3.22 bits per heavy atom. The highest BCUT2D eigenvalue weighted by atomic mass is 16.1. The number of pyridine rings is 1. The summed E-state index contributed by atoms with van der Waals surface area (Å²) in [7, 11) is 0. The van der Waals surface area contributed by atoms with E-state index >= 15 is 0 Å². The molecule has 0 saturated heterocycles. The minimum absolute atomic E-state index is 0.0608. The molecule has 2 aromatic rings. The van der Waals surface area contributed by atoms with E-state index < -0.39 is 0 Å². The highest BCUT2D eigenvalue weighted by molar-refractivity contribution is 5.91. The molecule has 0 unspecified atom stereocenters. The summed E-state index contributed by atoms with van der Waals surface area (Å²) < 4.78 is 1.94. The molecule has 0 aromatic carbocycles. The molecule has 0 saturated carbocycles. The first-order valence-electron chi connectivity index (χ1n) is 6.19. The molecule has 0 aliphatic rings. The van der Waals surface area contributed by atoms with Crippen molar-refractivity contribution in [2.45, 2.75) is 19.8 Å². The molecule has 0 radical (unpaired) electrons. The van der Waals surface area contributed by atoms with Crippen LogP contribution in [0.3, 0.4) is 0 Å². The third-order valence-corrected chi connectivity index (χ3v) is 2.68. The Bertz CT molecular complexity index is 557. The van der Waals surface area contributed by atoms with Crippen LogP contribution in [0.5, 0.6) is 0 Å². The Balaban J connectivity index is 2.02. The first-order valence-corrected chi connectivity index (χ1v) is 6.19. The van der Waals surface area contributed by atoms with E-state index in [0.29, 0.717) is 0 Å². The fourth-order valence-corrected chi connectivity index (χ4v) is 1.68. The number of fused-ring (bicyclic) bond motifs is 1. The van der Waals surface area contributed by atoms with E-state index in [0.717, 1.165) is 30.7 Å². The van der Waals surface area contributed by atoms with Crippen molar-refractivity contribution in [1.82, 2.24) is 14.7 Å². The standard InChI is InChI=1S/C14H17N3O/c1-2-3-9-15-14(18)8-7-12-11-16-13-6-4-5-10-17(12)13/h4-8,10-11H,2-3,9H2,1H3,(H,15,18)/b8-7+. The quantitative estimate of drug-likeness (QED) is 0.646. The number of hydrogen-bond donors (Lipinski definition) is 1. The number of amides is 1. The topological polar surface area (TPSA) is 46.4 Å². The molecule has 2 rings (SSSR count). The molecule has 1 amide bonds. The Morgan fingerprint density at radius 1 is 1.50 bits per heavy atom. The SMILES string of the molecule is CCCCNC(=O)/C=C/c1cnc2ccccn12. The van der Waals surface area contributed by atoms with Crippen molar-refractivity contribution in [3.8, 4) is 0 Å². The summed E-state index contributed by atoms with van der Waals surface area (Å²) in [5.41, 5.74) is 1.78. The number of carbonyl (C=O) groups is 1. The molecule has 1 N–H and O–H groups in total. The minimum atomic E-state index is -0.0608. The first kappa shape index (κ1) is 12.4. The highest BCUT2D eigenvalue weighted by Gasteiger charge is 1.99. The molecule has 0 aliphatic carbocycles. The number of hydrogen-bond acceptors (Lipinski definition) is 2. The van der Waals surface area contributed by atoms with Crippen LogP contribution in [0.4, 0.5) is 0 Å². The van der Waals surface area contributed by atoms with Gasteiger partial charge in [0.2, 0.25) is 5.91 Å². The normalized spacial score (nSPS) is 11.2. The van der Waals surface area contributed by atoms with E-state index in [2.05, 4.69) is 17.2 Å². The van der Waals surface area contributed by atoms with Gasteiger partial charge in [-0.05, 0) is 24.6 Å². The van der Waals surface area contributed by atoms with Gasteiger partial charge in [-0.25, -0.2) is 4.98 Å². The molecule has 0 bridgehead atoms. The van der Waals surface area contributed by atoms with Crippen molar-refractivity contribution < 1.29 is 4.79 Å². The second kappa shape index (κ2) is 6.00. The molecule has 94 valence electrons. The van der Waals surface area contributed by atoms with Crippen LogP contribution < -0.4 is 5.32 Å². The zero-order valence-electron chi connectivity index (χ0n) is 10.5. The Hall–Kier alpha value is -2.10. The number of imidazole rings is 1. The smallest absolute Gasteiger partial charge is 0.244 e. The van der Waals surface area contributed by atoms with Gasteiger partial charge in [-0.15, -0.1) is 0 Å². The fraction of sp³-hybridized carbons (Fsp3) is 0.286. The minimum Gasteiger partial charge on any atom is -0.353 e. The Morgan fingerprint density at radius 2 is 2.39 bits per heavy atom. The summed E-state index contributed by atoms with van der Waals surface area (Å²) in [6, 6.07) is 5.80. The molecule has 0 fully saturated rings. The van der Waals surface area contributed by atoms with Gasteiger partial charge in [0, 0.05) is 18.8 Å². The first-order chi connectivity index (χ1) is 8.81. The van der Waals surface area contributed by atoms with Crippen LogP contribution in [-0.4, -0.2) is 21.8 Å². The molecule has 2 aromatic heterocycles. The summed E-state index contributed by atoms with van der Waals surface area (Å²) in [4.78, 5) is 15.8. The Kier molecular flexibility index (Phi) is 4.12. The molecule has 0 atom stereocenters. The number of aromatic nitrogens is 2. The maximum Gasteiger partial charge on any atom is 0.244 e. The van der Waals surface area contributed by atoms with E-state index in [-0.39, 0.29) is 5.91 Å². The van der Waals surface area contributed by atoms with Gasteiger partial charge in [0.1, 0.15) is 5.65 Å². The lowest BCUT2D eigenvalue weighted by Crippen LogP contribution is -2.21. The van der Waals surface area contributed by atoms with Crippen molar-refractivity contribution in [3.63, 3.8) is 0 Å². The van der Waals surface area contributed by atoms with Gasteiger partial charge in [-0.1, -0.05) is 19.4 Å². The van der Waals surface area contributed by atoms with Crippen LogP contribution >= 0.6 is 0 Å². The summed E-state index contributed by atoms with van der Waals surface area (Å²) in [5.74, 6) is -0.0608. The molecule has 4 heteroatoms. The van der Waals surface area contributed by atoms with Crippen molar-refractivity contribution in [2.75, 3.05) is 6.54 Å². The van der Waals surface area contributed by atoms with Crippen molar-refractivity contribution in [1.29, 1.82) is 0 Å². The van der Waals surface area contributed by atoms with Crippen LogP contribution in [0.1, 0.15) is 25.5 Å². The van der Waals surface area contributed by atoms with Crippen LogP contribution in [0.15, 0.2) is 36.7 Å². The molecular weight excluding hydrogens is 226 g/mol. The monoisotopic (exact) mass is 243 g/mol. The second-order valence-corrected chi connectivity index (χ2v) is 4.09. The predicted octanol–water partition coefficient (Wildman–Crippen LogP) is 2.26. The van der Waals surface area contributed by atoms with E-state index in [1.165, 1.54) is 0 Å². The molecule has 18 heavy (non-hydrogen) atoms. The van der Waals surface area contributed by atoms with Gasteiger partial charge in [-0.2, -0.15) is 0 Å². The zero-order valence-corrected chi connectivity index (χ0v) is 10.5. The second-order valence-electron chi connectivity index (χ2n) is 4.09. The molecule has 4 nitrogen and oxygen atoms in total. The van der Waals surface area contributed by atoms with Gasteiger partial charge in [-0.3, -0.25) is 4.79 Å². The van der Waals surface area contributed by atoms with Crippen LogP contribution in [0, 0.1) is 0 Å². The lowest BCUT2D eigenvalue weighted by Gasteiger charge is -1.99. The fourth-order valence-electron chi connectivity index (χ4n) is 1.68. The molecule has 0 aliphatic heterocycles. The lowest BCUT2D eigenvalue weighted by molar-refractivity contribution is -0.116. The summed E-state index contributed by atoms with van der Waals surface area (Å²) in [6.45, 7) is 2.83. The number of nitrogens with one attached hydrogen (secondary N) is 1. The molecule has 2 heterocycles. The van der Waals surface area contributed by atoms with Crippen molar-refractivity contribution in [2.24, 2.45) is 0 Å². The van der Waals surface area contributed by atoms with E-state index in [4.69, 9.17) is 0 Å². The number of carbonyl (C=O) groups excluding carboxylic acids is 1. The number of rotatable bonds is 5. The van der Waals surface area contributed by atoms with Crippen molar-refractivity contribution >= 4 is 17.6 Å². The van der Waals surface area contributed by atoms with Crippen LogP contribution in [0.25, 0.3) is 11.7 Å². The van der Waals surface area contributed by atoms with Gasteiger partial charge in [0.15, 0.2) is 0 Å². The number of unbranched alkanes of at least 4 members (excludes halogenated alkanes) is 1. The van der Waals surface area contributed by atoms with E-state index in [1.807, 2.05) is 28.8 Å². The highest BCUT2D eigenvalue weighted by Crippen LogP contribution is 2.07. The number of nitrogens with zero attached hydrogens (tertiary/aromatic N) is 2. The maximum atomic E-state index is 11.5. The third kappa shape index (κ3) is 2.97. The average molecular weight is 243 g/mol. The van der Waals surface area contributed by atoms with Crippen LogP contribution in [0.2, 0.25) is 0 Å². The van der Waals surface area contributed by atoms with Crippen molar-refractivity contribution in [3.05, 3.63) is 42.4 Å². The summed E-state index contributed by atoms with van der Waals surface area (Å²) in [5, 5.41) is 2.84. The van der Waals surface area contributed by atoms with E-state index in [9.17, 15) is 4.79 Å².